The molecule has 0 radical (unpaired) electrons. The number of anilines is 2. The number of nitrogens with zero attached hydrogens (tertiary/aromatic N) is 3. The first-order valence-electron chi connectivity index (χ1n) is 7.42. The molecule has 25 heavy (non-hydrogen) atoms. The van der Waals surface area contributed by atoms with Gasteiger partial charge in [0.1, 0.15) is 0 Å². The molecule has 2 rings (SSSR count). The third-order valence-electron chi connectivity index (χ3n) is 3.57. The fourth-order valence-corrected chi connectivity index (χ4v) is 2.37. The lowest BCUT2D eigenvalue weighted by molar-refractivity contribution is -0.132. The minimum absolute atomic E-state index is 0.200. The van der Waals surface area contributed by atoms with Gasteiger partial charge in [0.05, 0.1) is 11.9 Å². The van der Waals surface area contributed by atoms with E-state index in [9.17, 15) is 18.4 Å². The van der Waals surface area contributed by atoms with Crippen LogP contribution in [-0.2, 0) is 4.79 Å². The van der Waals surface area contributed by atoms with Crippen molar-refractivity contribution in [1.29, 1.82) is 0 Å². The van der Waals surface area contributed by atoms with Gasteiger partial charge in [-0.1, -0.05) is 0 Å². The van der Waals surface area contributed by atoms with Crippen LogP contribution in [0.15, 0.2) is 48.8 Å². The van der Waals surface area contributed by atoms with Gasteiger partial charge in [-0.3, -0.25) is 14.6 Å². The number of halogens is 3. The molecule has 0 saturated heterocycles. The van der Waals surface area contributed by atoms with Crippen LogP contribution < -0.4 is 9.80 Å². The maximum Gasteiger partial charge on any atom is 0.400 e. The molecular weight excluding hydrogens is 352 g/mol. The Bertz CT molecular complexity index is 749. The van der Waals surface area contributed by atoms with Gasteiger partial charge in [-0.15, -0.1) is 0 Å². The third-order valence-corrected chi connectivity index (χ3v) is 3.73. The predicted molar refractivity (Wildman–Crippen MR) is 92.2 cm³/mol. The quantitative estimate of drug-likeness (QED) is 0.759. The zero-order valence-electron chi connectivity index (χ0n) is 13.6. The molecule has 132 valence electrons. The summed E-state index contributed by atoms with van der Waals surface area (Å²) in [5.41, 5.74) is 1.20. The van der Waals surface area contributed by atoms with Gasteiger partial charge in [0, 0.05) is 31.0 Å². The van der Waals surface area contributed by atoms with E-state index in [1.165, 1.54) is 36.2 Å². The first kappa shape index (κ1) is 18.8. The number of pyridine rings is 1. The summed E-state index contributed by atoms with van der Waals surface area (Å²) in [5, 5.41) is -3.98. The number of hydrogen-bond donors (Lipinski definition) is 0. The fraction of sp³-hybridized carbons (Fsp3) is 0.235. The summed E-state index contributed by atoms with van der Waals surface area (Å²) >= 11 is 4.75. The van der Waals surface area contributed by atoms with Crippen molar-refractivity contribution < 1.29 is 18.4 Å². The first-order valence-corrected chi connectivity index (χ1v) is 7.80. The van der Waals surface area contributed by atoms with E-state index in [2.05, 4.69) is 4.98 Å². The maximum atomic E-state index is 12.9. The Morgan fingerprint density at radius 2 is 1.80 bits per heavy atom. The molecule has 0 atom stereocenters. The summed E-state index contributed by atoms with van der Waals surface area (Å²) in [6, 6.07) is 9.23. The lowest BCUT2D eigenvalue weighted by atomic mass is 10.1. The van der Waals surface area contributed by atoms with Crippen molar-refractivity contribution in [1.82, 2.24) is 4.98 Å². The van der Waals surface area contributed by atoms with Crippen LogP contribution in [0.3, 0.4) is 0 Å². The number of benzene rings is 1. The van der Waals surface area contributed by atoms with E-state index in [-0.39, 0.29) is 11.6 Å². The topological polar surface area (TPSA) is 53.5 Å². The summed E-state index contributed by atoms with van der Waals surface area (Å²) < 4.78 is 25.8. The van der Waals surface area contributed by atoms with Gasteiger partial charge < -0.3 is 9.80 Å². The van der Waals surface area contributed by atoms with Crippen LogP contribution in [0.1, 0.15) is 17.3 Å². The standard InChI is InChI=1S/C17H16ClF2N3O2/c1-3-23(14-5-4-10-21-11-14)15(24)12-6-8-13(9-7-12)22(2)16(25)17(18,19)20/h4-11H,3H2,1-2H3. The number of amides is 2. The van der Waals surface area contributed by atoms with Gasteiger partial charge in [0.15, 0.2) is 0 Å². The SMILES string of the molecule is CCN(C(=O)c1ccc(N(C)C(=O)C(F)(F)Cl)cc1)c1cccnc1. The van der Waals surface area contributed by atoms with E-state index in [1.807, 2.05) is 6.92 Å². The van der Waals surface area contributed by atoms with Crippen LogP contribution >= 0.6 is 11.6 Å². The number of hydrogen-bond acceptors (Lipinski definition) is 3. The Balaban J connectivity index is 2.21. The molecule has 0 bridgehead atoms. The van der Waals surface area contributed by atoms with Gasteiger partial charge in [-0.05, 0) is 54.9 Å². The fourth-order valence-electron chi connectivity index (χ4n) is 2.25. The van der Waals surface area contributed by atoms with Crippen LogP contribution in [0.2, 0.25) is 0 Å². The highest BCUT2D eigenvalue weighted by atomic mass is 35.5. The first-order chi connectivity index (χ1) is 11.8. The van der Waals surface area contributed by atoms with Crippen molar-refractivity contribution in [2.75, 3.05) is 23.4 Å². The number of carbonyl (C=O) groups is 2. The number of rotatable bonds is 5. The molecule has 5 nitrogen and oxygen atoms in total. The monoisotopic (exact) mass is 367 g/mol. The number of carbonyl (C=O) groups excluding carboxylic acids is 2. The molecule has 0 fully saturated rings. The van der Waals surface area contributed by atoms with E-state index >= 15 is 0 Å². The van der Waals surface area contributed by atoms with Crippen LogP contribution in [0.5, 0.6) is 0 Å². The molecule has 0 aliphatic rings. The zero-order valence-corrected chi connectivity index (χ0v) is 14.4. The van der Waals surface area contributed by atoms with Crippen molar-refractivity contribution in [3.05, 3.63) is 54.4 Å². The minimum Gasteiger partial charge on any atom is -0.309 e. The number of aromatic nitrogens is 1. The highest BCUT2D eigenvalue weighted by Gasteiger charge is 2.39. The van der Waals surface area contributed by atoms with E-state index in [0.717, 1.165) is 4.90 Å². The summed E-state index contributed by atoms with van der Waals surface area (Å²) in [6.07, 6.45) is 3.18. The molecule has 0 unspecified atom stereocenters. The molecule has 0 saturated carbocycles. The van der Waals surface area contributed by atoms with Crippen LogP contribution in [0, 0.1) is 0 Å². The second-order valence-corrected chi connectivity index (χ2v) is 5.64. The van der Waals surface area contributed by atoms with Gasteiger partial charge in [-0.25, -0.2) is 0 Å². The van der Waals surface area contributed by atoms with Crippen molar-refractivity contribution in [2.45, 2.75) is 12.3 Å². The van der Waals surface area contributed by atoms with E-state index in [4.69, 9.17) is 11.6 Å². The molecule has 1 aromatic carbocycles. The van der Waals surface area contributed by atoms with E-state index in [0.29, 0.717) is 17.8 Å². The van der Waals surface area contributed by atoms with Crippen LogP contribution in [-0.4, -0.2) is 35.8 Å². The Morgan fingerprint density at radius 3 is 2.28 bits per heavy atom. The smallest absolute Gasteiger partial charge is 0.309 e. The molecule has 0 N–H and O–H groups in total. The number of alkyl halides is 3. The lowest BCUT2D eigenvalue weighted by Gasteiger charge is -2.22. The van der Waals surface area contributed by atoms with Crippen LogP contribution in [0.25, 0.3) is 0 Å². The van der Waals surface area contributed by atoms with Gasteiger partial charge in [-0.2, -0.15) is 8.78 Å². The Labute approximate surface area is 148 Å². The lowest BCUT2D eigenvalue weighted by Crippen LogP contribution is -2.37. The summed E-state index contributed by atoms with van der Waals surface area (Å²) in [5.74, 6) is -1.81. The van der Waals surface area contributed by atoms with E-state index in [1.54, 1.807) is 24.5 Å². The Morgan fingerprint density at radius 1 is 1.16 bits per heavy atom. The van der Waals surface area contributed by atoms with Gasteiger partial charge in [0.25, 0.3) is 5.91 Å². The average Bonchev–Trinajstić information content (AvgIpc) is 2.61. The van der Waals surface area contributed by atoms with Crippen molar-refractivity contribution in [2.24, 2.45) is 0 Å². The largest absolute Gasteiger partial charge is 0.400 e. The zero-order chi connectivity index (χ0) is 18.6. The van der Waals surface area contributed by atoms with Gasteiger partial charge in [0.2, 0.25) is 0 Å². The molecule has 2 amide bonds. The second kappa shape index (κ2) is 7.57. The third kappa shape index (κ3) is 4.30. The van der Waals surface area contributed by atoms with Crippen molar-refractivity contribution in [3.63, 3.8) is 0 Å². The van der Waals surface area contributed by atoms with E-state index < -0.39 is 11.3 Å². The highest BCUT2D eigenvalue weighted by Crippen LogP contribution is 2.25. The molecule has 0 aliphatic carbocycles. The summed E-state index contributed by atoms with van der Waals surface area (Å²) in [6.45, 7) is 2.26. The van der Waals surface area contributed by atoms with Crippen molar-refractivity contribution in [3.8, 4) is 0 Å². The molecule has 0 spiro atoms. The molecule has 8 heteroatoms. The Kier molecular flexibility index (Phi) is 5.69. The molecule has 0 aliphatic heterocycles. The van der Waals surface area contributed by atoms with Gasteiger partial charge >= 0.3 is 11.3 Å². The second-order valence-electron chi connectivity index (χ2n) is 5.17. The molecule has 1 heterocycles. The highest BCUT2D eigenvalue weighted by molar-refractivity contribution is 6.34. The van der Waals surface area contributed by atoms with Crippen molar-refractivity contribution >= 4 is 34.8 Å². The normalized spacial score (nSPS) is 11.1. The average molecular weight is 368 g/mol. The Hall–Kier alpha value is -2.54. The molecule has 2 aromatic rings. The maximum absolute atomic E-state index is 12.9. The predicted octanol–water partition coefficient (Wildman–Crippen LogP) is 3.54. The minimum atomic E-state index is -3.98. The molecular formula is C17H16ClF2N3O2. The summed E-state index contributed by atoms with van der Waals surface area (Å²) in [7, 11) is 1.18. The van der Waals surface area contributed by atoms with Crippen LogP contribution in [0.4, 0.5) is 20.2 Å². The molecule has 1 aromatic heterocycles. The summed E-state index contributed by atoms with van der Waals surface area (Å²) in [4.78, 5) is 30.4.